The predicted octanol–water partition coefficient (Wildman–Crippen LogP) is 1.65. The van der Waals surface area contributed by atoms with Crippen molar-refractivity contribution in [3.05, 3.63) is 53.9 Å². The Morgan fingerprint density at radius 3 is 2.26 bits per heavy atom. The number of likely N-dealkylation sites (N-methyl/N-ethyl adjacent to an activating group) is 1. The third-order valence-corrected chi connectivity index (χ3v) is 4.89. The summed E-state index contributed by atoms with van der Waals surface area (Å²) in [7, 11) is 2.16. The molecule has 0 spiro atoms. The van der Waals surface area contributed by atoms with E-state index in [-0.39, 0.29) is 12.4 Å². The van der Waals surface area contributed by atoms with Crippen LogP contribution >= 0.6 is 12.4 Å². The van der Waals surface area contributed by atoms with E-state index in [4.69, 9.17) is 5.73 Å². The lowest BCUT2D eigenvalue weighted by Gasteiger charge is -2.32. The highest BCUT2D eigenvalue weighted by Crippen LogP contribution is 2.11. The van der Waals surface area contributed by atoms with Crippen molar-refractivity contribution in [3.63, 3.8) is 0 Å². The Morgan fingerprint density at radius 2 is 1.63 bits per heavy atom. The van der Waals surface area contributed by atoms with E-state index in [9.17, 15) is 0 Å². The summed E-state index contributed by atoms with van der Waals surface area (Å²) in [6.45, 7) is 7.48. The summed E-state index contributed by atoms with van der Waals surface area (Å²) in [5, 5.41) is 0. The van der Waals surface area contributed by atoms with Gasteiger partial charge in [0.15, 0.2) is 0 Å². The monoisotopic (exact) mass is 390 g/mol. The van der Waals surface area contributed by atoms with Crippen molar-refractivity contribution >= 4 is 18.4 Å². The second kappa shape index (κ2) is 11.2. The van der Waals surface area contributed by atoms with Crippen molar-refractivity contribution in [2.24, 2.45) is 5.73 Å². The van der Waals surface area contributed by atoms with Gasteiger partial charge < -0.3 is 15.5 Å². The van der Waals surface area contributed by atoms with E-state index in [1.807, 2.05) is 12.4 Å². The second-order valence-electron chi connectivity index (χ2n) is 6.98. The highest BCUT2D eigenvalue weighted by atomic mass is 35.5. The summed E-state index contributed by atoms with van der Waals surface area (Å²) in [6.07, 6.45) is 4.96. The number of nitrogens with zero attached hydrogens (tertiary/aromatic N) is 5. The number of piperazine rings is 1. The maximum absolute atomic E-state index is 5.80. The predicted molar refractivity (Wildman–Crippen MR) is 113 cm³/mol. The molecule has 0 radical (unpaired) electrons. The van der Waals surface area contributed by atoms with E-state index in [1.165, 1.54) is 5.56 Å². The Bertz CT molecular complexity index is 643. The minimum Gasteiger partial charge on any atom is -0.338 e. The van der Waals surface area contributed by atoms with Crippen molar-refractivity contribution in [1.29, 1.82) is 0 Å². The van der Waals surface area contributed by atoms with Crippen LogP contribution in [0.4, 0.5) is 5.95 Å². The number of benzene rings is 1. The van der Waals surface area contributed by atoms with Gasteiger partial charge in [0.05, 0.1) is 0 Å². The fraction of sp³-hybridized carbons (Fsp3) is 0.500. The van der Waals surface area contributed by atoms with E-state index in [1.54, 1.807) is 0 Å². The van der Waals surface area contributed by atoms with Crippen LogP contribution in [0.3, 0.4) is 0 Å². The Morgan fingerprint density at radius 1 is 0.963 bits per heavy atom. The summed E-state index contributed by atoms with van der Waals surface area (Å²) in [5.41, 5.74) is 8.30. The minimum absolute atomic E-state index is 0. The van der Waals surface area contributed by atoms with Gasteiger partial charge in [-0.15, -0.1) is 12.4 Å². The lowest BCUT2D eigenvalue weighted by molar-refractivity contribution is 0.275. The van der Waals surface area contributed by atoms with Crippen molar-refractivity contribution < 1.29 is 0 Å². The van der Waals surface area contributed by atoms with Gasteiger partial charge in [-0.1, -0.05) is 30.3 Å². The molecule has 6 nitrogen and oxygen atoms in total. The fourth-order valence-electron chi connectivity index (χ4n) is 3.24. The molecular weight excluding hydrogens is 360 g/mol. The van der Waals surface area contributed by atoms with Gasteiger partial charge in [0.25, 0.3) is 0 Å². The first kappa shape index (κ1) is 21.6. The Kier molecular flexibility index (Phi) is 8.94. The van der Waals surface area contributed by atoms with E-state index in [0.717, 1.165) is 63.7 Å². The molecule has 0 aliphatic carbocycles. The van der Waals surface area contributed by atoms with Crippen LogP contribution in [0.25, 0.3) is 0 Å². The van der Waals surface area contributed by atoms with Crippen LogP contribution < -0.4 is 10.6 Å². The van der Waals surface area contributed by atoms with Gasteiger partial charge in [0.1, 0.15) is 0 Å². The minimum atomic E-state index is 0. The summed E-state index contributed by atoms with van der Waals surface area (Å²) >= 11 is 0. The number of nitrogens with two attached hydrogens (primary N) is 1. The zero-order valence-electron chi connectivity index (χ0n) is 16.1. The topological polar surface area (TPSA) is 61.5 Å². The molecular formula is C20H31ClN6. The Balaban J connectivity index is 0.00000261. The van der Waals surface area contributed by atoms with E-state index in [0.29, 0.717) is 6.54 Å². The van der Waals surface area contributed by atoms with E-state index >= 15 is 0 Å². The molecule has 2 heterocycles. The number of hydrogen-bond donors (Lipinski definition) is 1. The summed E-state index contributed by atoms with van der Waals surface area (Å²) in [6, 6.07) is 10.6. The first-order valence-electron chi connectivity index (χ1n) is 9.45. The molecule has 1 aliphatic heterocycles. The zero-order valence-corrected chi connectivity index (χ0v) is 16.9. The molecule has 2 N–H and O–H groups in total. The van der Waals surface area contributed by atoms with Gasteiger partial charge in [-0.25, -0.2) is 9.97 Å². The summed E-state index contributed by atoms with van der Waals surface area (Å²) in [5.74, 6) is 0.844. The molecule has 0 amide bonds. The highest BCUT2D eigenvalue weighted by molar-refractivity contribution is 5.85. The van der Waals surface area contributed by atoms with Crippen LogP contribution in [0.5, 0.6) is 0 Å². The molecule has 0 atom stereocenters. The molecule has 7 heteroatoms. The smallest absolute Gasteiger partial charge is 0.225 e. The van der Waals surface area contributed by atoms with Crippen LogP contribution in [0, 0.1) is 0 Å². The van der Waals surface area contributed by atoms with Crippen LogP contribution in [0.1, 0.15) is 11.1 Å². The summed E-state index contributed by atoms with van der Waals surface area (Å²) < 4.78 is 0. The molecule has 148 valence electrons. The van der Waals surface area contributed by atoms with Crippen LogP contribution in [0.2, 0.25) is 0 Å². The first-order chi connectivity index (χ1) is 12.7. The number of halogens is 1. The third-order valence-electron chi connectivity index (χ3n) is 4.89. The molecule has 1 fully saturated rings. The van der Waals surface area contributed by atoms with Crippen molar-refractivity contribution in [3.8, 4) is 0 Å². The SMILES string of the molecule is CN1CCN(c2ncc(CN(CCN)CCc3ccccc3)cn2)CC1.Cl. The number of hydrogen-bond acceptors (Lipinski definition) is 6. The molecule has 0 bridgehead atoms. The fourth-order valence-corrected chi connectivity index (χ4v) is 3.24. The maximum Gasteiger partial charge on any atom is 0.225 e. The third kappa shape index (κ3) is 6.74. The Hall–Kier alpha value is -1.73. The van der Waals surface area contributed by atoms with Crippen molar-refractivity contribution in [2.75, 3.05) is 57.8 Å². The average molecular weight is 391 g/mol. The second-order valence-corrected chi connectivity index (χ2v) is 6.98. The molecule has 1 aromatic heterocycles. The van der Waals surface area contributed by atoms with Gasteiger partial charge in [-0.2, -0.15) is 0 Å². The van der Waals surface area contributed by atoms with E-state index in [2.05, 4.69) is 62.0 Å². The standard InChI is InChI=1S/C20H30N6.ClH/c1-24-11-13-26(14-12-24)20-22-15-19(16-23-20)17-25(10-8-21)9-7-18-5-3-2-4-6-18;/h2-6,15-16H,7-14,17,21H2,1H3;1H. The van der Waals surface area contributed by atoms with Crippen LogP contribution in [-0.4, -0.2) is 72.6 Å². The number of anilines is 1. The molecule has 1 saturated heterocycles. The molecule has 3 rings (SSSR count). The van der Waals surface area contributed by atoms with Gasteiger partial charge in [0, 0.05) is 70.3 Å². The molecule has 0 saturated carbocycles. The largest absolute Gasteiger partial charge is 0.338 e. The van der Waals surface area contributed by atoms with Crippen molar-refractivity contribution in [2.45, 2.75) is 13.0 Å². The quantitative estimate of drug-likeness (QED) is 0.739. The number of rotatable bonds is 8. The van der Waals surface area contributed by atoms with Gasteiger partial charge in [-0.3, -0.25) is 4.90 Å². The molecule has 2 aromatic rings. The zero-order chi connectivity index (χ0) is 18.2. The molecule has 0 unspecified atom stereocenters. The maximum atomic E-state index is 5.80. The van der Waals surface area contributed by atoms with Gasteiger partial charge in [-0.05, 0) is 19.0 Å². The van der Waals surface area contributed by atoms with Crippen LogP contribution in [-0.2, 0) is 13.0 Å². The first-order valence-corrected chi connectivity index (χ1v) is 9.45. The highest BCUT2D eigenvalue weighted by Gasteiger charge is 2.16. The average Bonchev–Trinajstić information content (AvgIpc) is 2.68. The lowest BCUT2D eigenvalue weighted by Crippen LogP contribution is -2.45. The normalized spacial score (nSPS) is 15.0. The molecule has 27 heavy (non-hydrogen) atoms. The van der Waals surface area contributed by atoms with Gasteiger partial charge >= 0.3 is 0 Å². The lowest BCUT2D eigenvalue weighted by atomic mass is 10.1. The van der Waals surface area contributed by atoms with E-state index < -0.39 is 0 Å². The van der Waals surface area contributed by atoms with Gasteiger partial charge in [0.2, 0.25) is 5.95 Å². The van der Waals surface area contributed by atoms with Crippen LogP contribution in [0.15, 0.2) is 42.7 Å². The van der Waals surface area contributed by atoms with Crippen molar-refractivity contribution in [1.82, 2.24) is 19.8 Å². The number of aromatic nitrogens is 2. The Labute approximate surface area is 168 Å². The molecule has 1 aromatic carbocycles. The summed E-state index contributed by atoms with van der Waals surface area (Å²) in [4.78, 5) is 16.2. The molecule has 1 aliphatic rings.